The maximum atomic E-state index is 12.3. The molecule has 0 bridgehead atoms. The maximum Gasteiger partial charge on any atom is 0.345 e. The Labute approximate surface area is 168 Å². The van der Waals surface area contributed by atoms with Gasteiger partial charge in [0.05, 0.1) is 23.9 Å². The summed E-state index contributed by atoms with van der Waals surface area (Å²) in [5.41, 5.74) is 3.74. The topological polar surface area (TPSA) is 71.9 Å². The predicted molar refractivity (Wildman–Crippen MR) is 111 cm³/mol. The zero-order valence-corrected chi connectivity index (χ0v) is 16.7. The van der Waals surface area contributed by atoms with Gasteiger partial charge in [-0.25, -0.2) is 4.79 Å². The lowest BCUT2D eigenvalue weighted by Gasteiger charge is -2.11. The Morgan fingerprint density at radius 2 is 1.96 bits per heavy atom. The van der Waals surface area contributed by atoms with Crippen LogP contribution in [0.25, 0.3) is 0 Å². The van der Waals surface area contributed by atoms with Gasteiger partial charge in [-0.2, -0.15) is 5.10 Å². The molecule has 8 heteroatoms. The molecule has 142 valence electrons. The van der Waals surface area contributed by atoms with Gasteiger partial charge in [0.15, 0.2) is 16.6 Å². The third kappa shape index (κ3) is 6.23. The summed E-state index contributed by atoms with van der Waals surface area (Å²) < 4.78 is 10.7. The van der Waals surface area contributed by atoms with Crippen LogP contribution in [0, 0.1) is 0 Å². The summed E-state index contributed by atoms with van der Waals surface area (Å²) in [6.45, 7) is 3.95. The number of carbonyl (C=O) groups is 1. The van der Waals surface area contributed by atoms with Gasteiger partial charge >= 0.3 is 5.97 Å². The number of carbonyl (C=O) groups excluding carboxylic acids is 1. The summed E-state index contributed by atoms with van der Waals surface area (Å²) in [6, 6.07) is 11.9. The maximum absolute atomic E-state index is 12.3. The highest BCUT2D eigenvalue weighted by molar-refractivity contribution is 7.80. The van der Waals surface area contributed by atoms with Gasteiger partial charge in [-0.1, -0.05) is 23.7 Å². The van der Waals surface area contributed by atoms with Gasteiger partial charge < -0.3 is 14.8 Å². The quantitative estimate of drug-likeness (QED) is 0.250. The second-order valence-corrected chi connectivity index (χ2v) is 6.59. The Morgan fingerprint density at radius 1 is 1.22 bits per heavy atom. The third-order valence-electron chi connectivity index (χ3n) is 3.28. The summed E-state index contributed by atoms with van der Waals surface area (Å²) in [7, 11) is 1.49. The van der Waals surface area contributed by atoms with Gasteiger partial charge in [0.1, 0.15) is 0 Å². The summed E-state index contributed by atoms with van der Waals surface area (Å²) in [5, 5.41) is 7.83. The van der Waals surface area contributed by atoms with Crippen molar-refractivity contribution in [1.29, 1.82) is 0 Å². The molecular formula is C19H20ClN3O3S. The number of methoxy groups -OCH3 is 1. The van der Waals surface area contributed by atoms with Crippen molar-refractivity contribution in [3.63, 3.8) is 0 Å². The van der Waals surface area contributed by atoms with Crippen LogP contribution in [0.5, 0.6) is 11.5 Å². The van der Waals surface area contributed by atoms with Crippen LogP contribution < -0.4 is 20.2 Å². The van der Waals surface area contributed by atoms with Gasteiger partial charge in [-0.15, -0.1) is 0 Å². The van der Waals surface area contributed by atoms with Crippen LogP contribution in [-0.4, -0.2) is 30.4 Å². The molecule has 2 N–H and O–H groups in total. The molecule has 0 spiro atoms. The zero-order chi connectivity index (χ0) is 19.8. The molecule has 0 atom stereocenters. The molecule has 0 fully saturated rings. The predicted octanol–water partition coefficient (Wildman–Crippen LogP) is 3.77. The molecule has 0 aliphatic carbocycles. The molecule has 0 heterocycles. The molecule has 0 aliphatic heterocycles. The number of thiocarbonyl (C=S) groups is 1. The van der Waals surface area contributed by atoms with Crippen LogP contribution >= 0.6 is 23.8 Å². The van der Waals surface area contributed by atoms with Gasteiger partial charge in [-0.05, 0) is 62.0 Å². The van der Waals surface area contributed by atoms with E-state index in [1.54, 1.807) is 48.7 Å². The number of nitrogens with zero attached hydrogens (tertiary/aromatic N) is 1. The van der Waals surface area contributed by atoms with Crippen molar-refractivity contribution >= 4 is 41.1 Å². The number of esters is 1. The Balaban J connectivity index is 2.08. The molecule has 27 heavy (non-hydrogen) atoms. The van der Waals surface area contributed by atoms with Gasteiger partial charge in [0.25, 0.3) is 0 Å². The van der Waals surface area contributed by atoms with E-state index < -0.39 is 5.97 Å². The number of rotatable bonds is 6. The first-order valence-corrected chi connectivity index (χ1v) is 8.93. The molecule has 0 unspecified atom stereocenters. The molecule has 0 aliphatic rings. The van der Waals surface area contributed by atoms with Gasteiger partial charge in [-0.3, -0.25) is 5.43 Å². The first-order chi connectivity index (χ1) is 12.9. The average Bonchev–Trinajstić information content (AvgIpc) is 2.62. The smallest absolute Gasteiger partial charge is 0.345 e. The minimum Gasteiger partial charge on any atom is -0.493 e. The van der Waals surface area contributed by atoms with Crippen LogP contribution in [0.15, 0.2) is 47.6 Å². The third-order valence-corrected chi connectivity index (χ3v) is 3.82. The Morgan fingerprint density at radius 3 is 2.63 bits per heavy atom. The normalized spacial score (nSPS) is 10.7. The Bertz CT molecular complexity index is 856. The lowest BCUT2D eigenvalue weighted by Crippen LogP contribution is -2.36. The summed E-state index contributed by atoms with van der Waals surface area (Å²) >= 11 is 11.1. The summed E-state index contributed by atoms with van der Waals surface area (Å²) in [5.74, 6) is 0.110. The molecule has 2 aromatic carbocycles. The van der Waals surface area contributed by atoms with E-state index in [0.717, 1.165) is 5.56 Å². The molecule has 0 saturated heterocycles. The number of nitrogens with one attached hydrogen (secondary N) is 2. The Kier molecular flexibility index (Phi) is 7.57. The first-order valence-electron chi connectivity index (χ1n) is 8.15. The van der Waals surface area contributed by atoms with Crippen LogP contribution in [0.4, 0.5) is 0 Å². The Hall–Kier alpha value is -2.64. The van der Waals surface area contributed by atoms with Crippen molar-refractivity contribution in [1.82, 2.24) is 10.7 Å². The number of hydrogen-bond donors (Lipinski definition) is 2. The van der Waals surface area contributed by atoms with E-state index in [4.69, 9.17) is 33.3 Å². The van der Waals surface area contributed by atoms with E-state index in [9.17, 15) is 4.79 Å². The zero-order valence-electron chi connectivity index (χ0n) is 15.2. The van der Waals surface area contributed by atoms with E-state index in [0.29, 0.717) is 15.9 Å². The van der Waals surface area contributed by atoms with E-state index >= 15 is 0 Å². The SMILES string of the molecule is COc1cc(/C=N\NC(=S)NC(C)C)ccc1OC(=O)c1ccccc1Cl. The van der Waals surface area contributed by atoms with E-state index in [2.05, 4.69) is 15.8 Å². The van der Waals surface area contributed by atoms with E-state index in [1.165, 1.54) is 7.11 Å². The number of hydrazone groups is 1. The van der Waals surface area contributed by atoms with Crippen molar-refractivity contribution in [3.05, 3.63) is 58.6 Å². The van der Waals surface area contributed by atoms with Gasteiger partial charge in [0.2, 0.25) is 0 Å². The van der Waals surface area contributed by atoms with Crippen LogP contribution in [0.2, 0.25) is 5.02 Å². The fourth-order valence-electron chi connectivity index (χ4n) is 2.09. The number of ether oxygens (including phenoxy) is 2. The highest BCUT2D eigenvalue weighted by Gasteiger charge is 2.15. The monoisotopic (exact) mass is 405 g/mol. The molecular weight excluding hydrogens is 386 g/mol. The van der Waals surface area contributed by atoms with Crippen molar-refractivity contribution < 1.29 is 14.3 Å². The van der Waals surface area contributed by atoms with E-state index in [1.807, 2.05) is 13.8 Å². The molecule has 0 amide bonds. The van der Waals surface area contributed by atoms with Crippen molar-refractivity contribution in [2.75, 3.05) is 7.11 Å². The van der Waals surface area contributed by atoms with Gasteiger partial charge in [0, 0.05) is 6.04 Å². The second-order valence-electron chi connectivity index (χ2n) is 5.78. The van der Waals surface area contributed by atoms with Crippen molar-refractivity contribution in [3.8, 4) is 11.5 Å². The van der Waals surface area contributed by atoms with Crippen LogP contribution in [-0.2, 0) is 0 Å². The fraction of sp³-hybridized carbons (Fsp3) is 0.211. The standard InChI is InChI=1S/C19H20ClN3O3S/c1-12(2)22-19(27)23-21-11-13-8-9-16(17(10-13)25-3)26-18(24)14-6-4-5-7-15(14)20/h4-12H,1-3H3,(H2,22,23,27)/b21-11-. The molecule has 2 rings (SSSR count). The number of benzene rings is 2. The molecule has 6 nitrogen and oxygen atoms in total. The molecule has 0 aromatic heterocycles. The highest BCUT2D eigenvalue weighted by atomic mass is 35.5. The first kappa shape index (κ1) is 20.7. The highest BCUT2D eigenvalue weighted by Crippen LogP contribution is 2.29. The minimum atomic E-state index is -0.563. The molecule has 2 aromatic rings. The largest absolute Gasteiger partial charge is 0.493 e. The fourth-order valence-corrected chi connectivity index (χ4v) is 2.59. The number of halogens is 1. The molecule has 0 saturated carbocycles. The van der Waals surface area contributed by atoms with Crippen molar-refractivity contribution in [2.24, 2.45) is 5.10 Å². The van der Waals surface area contributed by atoms with E-state index in [-0.39, 0.29) is 17.4 Å². The van der Waals surface area contributed by atoms with Crippen LogP contribution in [0.3, 0.4) is 0 Å². The molecule has 0 radical (unpaired) electrons. The van der Waals surface area contributed by atoms with Crippen molar-refractivity contribution in [2.45, 2.75) is 19.9 Å². The summed E-state index contributed by atoms with van der Waals surface area (Å²) in [6.07, 6.45) is 1.58. The average molecular weight is 406 g/mol. The lowest BCUT2D eigenvalue weighted by molar-refractivity contribution is 0.0730. The van der Waals surface area contributed by atoms with Crippen LogP contribution in [0.1, 0.15) is 29.8 Å². The lowest BCUT2D eigenvalue weighted by atomic mass is 10.2. The summed E-state index contributed by atoms with van der Waals surface area (Å²) in [4.78, 5) is 12.3. The number of hydrogen-bond acceptors (Lipinski definition) is 5. The minimum absolute atomic E-state index is 0.215. The second kappa shape index (κ2) is 9.89.